The van der Waals surface area contributed by atoms with Gasteiger partial charge in [0.2, 0.25) is 0 Å². The molecule has 1 aromatic carbocycles. The van der Waals surface area contributed by atoms with Gasteiger partial charge < -0.3 is 5.11 Å². The third-order valence-corrected chi connectivity index (χ3v) is 7.19. The molecular weight excluding hydrogens is 352 g/mol. The standard InChI is InChI=1S/C20H27BrO2/c1-11(2)14-13(22)8-7-12-15(14)17(23)16(21)18-19(3,4)9-6-10-20(12,18)5/h7-8,11,16,18,22H,6,9-10H2,1-5H3/t16-,18-,20+/m0/s1. The van der Waals surface area contributed by atoms with E-state index in [-0.39, 0.29) is 39.0 Å². The number of hydrogen-bond donors (Lipinski definition) is 1. The summed E-state index contributed by atoms with van der Waals surface area (Å²) in [6.07, 6.45) is 3.45. The lowest BCUT2D eigenvalue weighted by Gasteiger charge is -2.56. The van der Waals surface area contributed by atoms with Crippen molar-refractivity contribution in [3.05, 3.63) is 28.8 Å². The molecule has 0 bridgehead atoms. The van der Waals surface area contributed by atoms with Gasteiger partial charge in [0.1, 0.15) is 5.75 Å². The van der Waals surface area contributed by atoms with Crippen molar-refractivity contribution in [3.63, 3.8) is 0 Å². The maximum absolute atomic E-state index is 13.2. The maximum Gasteiger partial charge on any atom is 0.177 e. The highest BCUT2D eigenvalue weighted by molar-refractivity contribution is 9.10. The van der Waals surface area contributed by atoms with Crippen LogP contribution in [0.15, 0.2) is 12.1 Å². The number of rotatable bonds is 1. The number of ketones is 1. The van der Waals surface area contributed by atoms with E-state index in [1.54, 1.807) is 6.07 Å². The third kappa shape index (κ3) is 2.30. The van der Waals surface area contributed by atoms with E-state index in [1.165, 1.54) is 6.42 Å². The Hall–Kier alpha value is -0.830. The lowest BCUT2D eigenvalue weighted by atomic mass is 9.49. The maximum atomic E-state index is 13.2. The summed E-state index contributed by atoms with van der Waals surface area (Å²) in [6.45, 7) is 11.0. The summed E-state index contributed by atoms with van der Waals surface area (Å²) >= 11 is 3.75. The number of hydrogen-bond acceptors (Lipinski definition) is 2. The van der Waals surface area contributed by atoms with E-state index in [0.29, 0.717) is 0 Å². The van der Waals surface area contributed by atoms with Gasteiger partial charge in [-0.2, -0.15) is 0 Å². The van der Waals surface area contributed by atoms with Crippen LogP contribution in [0.2, 0.25) is 0 Å². The molecule has 0 unspecified atom stereocenters. The molecule has 0 spiro atoms. The SMILES string of the molecule is CC(C)c1c(O)ccc2c1C(=O)[C@H](Br)[C@H]1C(C)(C)CCC[C@]21C. The van der Waals surface area contributed by atoms with Crippen LogP contribution in [-0.4, -0.2) is 15.7 Å². The van der Waals surface area contributed by atoms with Gasteiger partial charge in [0.05, 0.1) is 4.83 Å². The second kappa shape index (κ2) is 5.34. The first-order chi connectivity index (χ1) is 10.6. The Morgan fingerprint density at radius 2 is 1.87 bits per heavy atom. The molecule has 3 heteroatoms. The van der Waals surface area contributed by atoms with E-state index in [2.05, 4.69) is 36.7 Å². The molecule has 1 aromatic rings. The largest absolute Gasteiger partial charge is 0.508 e. The van der Waals surface area contributed by atoms with Crippen molar-refractivity contribution in [2.24, 2.45) is 11.3 Å². The number of alkyl halides is 1. The molecule has 3 rings (SSSR count). The Kier molecular flexibility index (Phi) is 3.95. The van der Waals surface area contributed by atoms with Crippen LogP contribution < -0.4 is 0 Å². The molecule has 126 valence electrons. The van der Waals surface area contributed by atoms with E-state index in [4.69, 9.17) is 0 Å². The van der Waals surface area contributed by atoms with Crippen LogP contribution in [0.5, 0.6) is 5.75 Å². The van der Waals surface area contributed by atoms with E-state index < -0.39 is 0 Å². The second-order valence-corrected chi connectivity index (χ2v) is 9.57. The van der Waals surface area contributed by atoms with Crippen LogP contribution in [0.3, 0.4) is 0 Å². The number of carbonyl (C=O) groups is 1. The predicted molar refractivity (Wildman–Crippen MR) is 97.7 cm³/mol. The summed E-state index contributed by atoms with van der Waals surface area (Å²) in [5.74, 6) is 0.819. The fourth-order valence-corrected chi connectivity index (χ4v) is 6.86. The quantitative estimate of drug-likeness (QED) is 0.649. The summed E-state index contributed by atoms with van der Waals surface area (Å²) in [5, 5.41) is 10.4. The highest BCUT2D eigenvalue weighted by Gasteiger charge is 2.56. The number of aromatic hydroxyl groups is 1. The van der Waals surface area contributed by atoms with Crippen molar-refractivity contribution in [1.29, 1.82) is 0 Å². The summed E-state index contributed by atoms with van der Waals surface area (Å²) in [7, 11) is 0. The van der Waals surface area contributed by atoms with Gasteiger partial charge in [-0.05, 0) is 47.1 Å². The minimum Gasteiger partial charge on any atom is -0.508 e. The van der Waals surface area contributed by atoms with Crippen LogP contribution >= 0.6 is 15.9 Å². The molecule has 2 nitrogen and oxygen atoms in total. The first-order valence-corrected chi connectivity index (χ1v) is 9.57. The lowest BCUT2D eigenvalue weighted by Crippen LogP contribution is -2.55. The molecule has 0 saturated heterocycles. The number of fused-ring (bicyclic) bond motifs is 3. The van der Waals surface area contributed by atoms with Gasteiger partial charge in [-0.3, -0.25) is 4.79 Å². The Morgan fingerprint density at radius 1 is 1.22 bits per heavy atom. The molecule has 1 N–H and O–H groups in total. The number of Topliss-reactive ketones (excluding diaryl/α,β-unsaturated/α-hetero) is 1. The van der Waals surface area contributed by atoms with Gasteiger partial charge in [0.15, 0.2) is 5.78 Å². The molecule has 2 aliphatic rings. The Morgan fingerprint density at radius 3 is 2.48 bits per heavy atom. The second-order valence-electron chi connectivity index (χ2n) is 8.58. The van der Waals surface area contributed by atoms with E-state index in [9.17, 15) is 9.90 Å². The molecule has 3 atom stereocenters. The summed E-state index contributed by atoms with van der Waals surface area (Å²) in [5.41, 5.74) is 2.86. The number of benzene rings is 1. The Bertz CT molecular complexity index is 662. The average molecular weight is 379 g/mol. The highest BCUT2D eigenvalue weighted by atomic mass is 79.9. The molecule has 0 amide bonds. The smallest absolute Gasteiger partial charge is 0.177 e. The van der Waals surface area contributed by atoms with E-state index in [1.807, 2.05) is 19.9 Å². The average Bonchev–Trinajstić information content (AvgIpc) is 2.42. The number of phenols is 1. The molecule has 0 heterocycles. The Labute approximate surface area is 147 Å². The van der Waals surface area contributed by atoms with Gasteiger partial charge in [-0.15, -0.1) is 0 Å². The fraction of sp³-hybridized carbons (Fsp3) is 0.650. The number of carbonyl (C=O) groups excluding carboxylic acids is 1. The zero-order chi connectivity index (χ0) is 17.2. The molecule has 2 aliphatic carbocycles. The van der Waals surface area contributed by atoms with E-state index in [0.717, 1.165) is 29.5 Å². The van der Waals surface area contributed by atoms with Gasteiger partial charge >= 0.3 is 0 Å². The zero-order valence-corrected chi connectivity index (χ0v) is 16.3. The molecule has 0 radical (unpaired) electrons. The van der Waals surface area contributed by atoms with Gasteiger partial charge in [0, 0.05) is 11.1 Å². The highest BCUT2D eigenvalue weighted by Crippen LogP contribution is 2.59. The fourth-order valence-electron chi connectivity index (χ4n) is 5.33. The number of phenolic OH excluding ortho intramolecular Hbond substituents is 1. The van der Waals surface area contributed by atoms with Crippen LogP contribution in [-0.2, 0) is 5.41 Å². The first kappa shape index (κ1) is 17.0. The summed E-state index contributed by atoms with van der Waals surface area (Å²) in [4.78, 5) is 13.0. The lowest BCUT2D eigenvalue weighted by molar-refractivity contribution is 0.0418. The van der Waals surface area contributed by atoms with Crippen molar-refractivity contribution in [1.82, 2.24) is 0 Å². The minimum atomic E-state index is -0.172. The molecular formula is C20H27BrO2. The van der Waals surface area contributed by atoms with Crippen molar-refractivity contribution in [2.45, 2.75) is 70.0 Å². The van der Waals surface area contributed by atoms with Crippen LogP contribution in [0.25, 0.3) is 0 Å². The van der Waals surface area contributed by atoms with Gasteiger partial charge in [-0.1, -0.05) is 63.0 Å². The topological polar surface area (TPSA) is 37.3 Å². The van der Waals surface area contributed by atoms with Crippen molar-refractivity contribution >= 4 is 21.7 Å². The van der Waals surface area contributed by atoms with Crippen molar-refractivity contribution < 1.29 is 9.90 Å². The Balaban J connectivity index is 2.32. The van der Waals surface area contributed by atoms with Crippen LogP contribution in [0, 0.1) is 11.3 Å². The predicted octanol–water partition coefficient (Wildman–Crippen LogP) is 5.56. The normalized spacial score (nSPS) is 32.6. The van der Waals surface area contributed by atoms with Crippen molar-refractivity contribution in [2.75, 3.05) is 0 Å². The van der Waals surface area contributed by atoms with Crippen LogP contribution in [0.4, 0.5) is 0 Å². The van der Waals surface area contributed by atoms with Gasteiger partial charge in [-0.25, -0.2) is 0 Å². The van der Waals surface area contributed by atoms with Crippen molar-refractivity contribution in [3.8, 4) is 5.75 Å². The third-order valence-electron chi connectivity index (χ3n) is 6.25. The minimum absolute atomic E-state index is 0.0174. The van der Waals surface area contributed by atoms with E-state index >= 15 is 0 Å². The summed E-state index contributed by atoms with van der Waals surface area (Å²) in [6, 6.07) is 3.79. The first-order valence-electron chi connectivity index (χ1n) is 8.66. The zero-order valence-electron chi connectivity index (χ0n) is 14.7. The molecule has 1 saturated carbocycles. The van der Waals surface area contributed by atoms with Crippen LogP contribution in [0.1, 0.15) is 81.3 Å². The molecule has 0 aromatic heterocycles. The summed E-state index contributed by atoms with van der Waals surface area (Å²) < 4.78 is 0. The molecule has 1 fully saturated rings. The monoisotopic (exact) mass is 378 g/mol. The van der Waals surface area contributed by atoms with Gasteiger partial charge in [0.25, 0.3) is 0 Å². The molecule has 23 heavy (non-hydrogen) atoms. The number of halogens is 1. The molecule has 0 aliphatic heterocycles.